The molecule has 0 fully saturated rings. The van der Waals surface area contributed by atoms with Crippen molar-refractivity contribution in [2.75, 3.05) is 13.6 Å². The van der Waals surface area contributed by atoms with Gasteiger partial charge < -0.3 is 0 Å². The van der Waals surface area contributed by atoms with E-state index in [9.17, 15) is 0 Å². The summed E-state index contributed by atoms with van der Waals surface area (Å²) in [6.45, 7) is 3.18. The van der Waals surface area contributed by atoms with Crippen LogP contribution in [0.2, 0.25) is 0 Å². The van der Waals surface area contributed by atoms with Crippen molar-refractivity contribution in [1.82, 2.24) is 4.31 Å². The molecule has 1 aromatic carbocycles. The van der Waals surface area contributed by atoms with Gasteiger partial charge >= 0.3 is 0 Å². The average Bonchev–Trinajstić information content (AvgIpc) is 2.06. The van der Waals surface area contributed by atoms with Gasteiger partial charge in [-0.15, -0.1) is 0 Å². The van der Waals surface area contributed by atoms with Gasteiger partial charge in [-0.25, -0.2) is 4.31 Å². The largest absolute Gasteiger partial charge is 0.250 e. The molecule has 0 spiro atoms. The summed E-state index contributed by atoms with van der Waals surface area (Å²) in [5.41, 5.74) is 0. The van der Waals surface area contributed by atoms with Crippen molar-refractivity contribution in [3.63, 3.8) is 0 Å². The van der Waals surface area contributed by atoms with E-state index in [1.54, 1.807) is 11.9 Å². The molecular weight excluding hydrogens is 154 g/mol. The summed E-state index contributed by atoms with van der Waals surface area (Å²) < 4.78 is 2.17. The first-order valence-corrected chi connectivity index (χ1v) is 4.46. The molecule has 0 saturated heterocycles. The summed E-state index contributed by atoms with van der Waals surface area (Å²) in [5.74, 6) is 0. The molecule has 0 atom stereocenters. The van der Waals surface area contributed by atoms with E-state index in [-0.39, 0.29) is 0 Å². The molecule has 0 aliphatic heterocycles. The van der Waals surface area contributed by atoms with Crippen LogP contribution in [0.5, 0.6) is 0 Å². The molecule has 1 nitrogen and oxygen atoms in total. The Morgan fingerprint density at radius 1 is 1.55 bits per heavy atom. The molecule has 0 aliphatic rings. The van der Waals surface area contributed by atoms with Gasteiger partial charge in [0.25, 0.3) is 0 Å². The number of hydrogen-bond acceptors (Lipinski definition) is 2. The molecule has 11 heavy (non-hydrogen) atoms. The summed E-state index contributed by atoms with van der Waals surface area (Å²) in [6.07, 6.45) is 0. The van der Waals surface area contributed by atoms with E-state index in [2.05, 4.69) is 30.4 Å². The Hall–Kier alpha value is -0.470. The fourth-order valence-electron chi connectivity index (χ4n) is 0.666. The summed E-state index contributed by atoms with van der Waals surface area (Å²) >= 11 is 1.72. The van der Waals surface area contributed by atoms with Crippen molar-refractivity contribution in [2.24, 2.45) is 0 Å². The zero-order chi connectivity index (χ0) is 8.10. The van der Waals surface area contributed by atoms with Crippen molar-refractivity contribution >= 4 is 11.9 Å². The predicted octanol–water partition coefficient (Wildman–Crippen LogP) is 2.45. The van der Waals surface area contributed by atoms with E-state index in [1.807, 2.05) is 18.2 Å². The van der Waals surface area contributed by atoms with Gasteiger partial charge in [0.2, 0.25) is 0 Å². The topological polar surface area (TPSA) is 3.24 Å². The zero-order valence-electron chi connectivity index (χ0n) is 6.87. The Morgan fingerprint density at radius 2 is 2.36 bits per heavy atom. The van der Waals surface area contributed by atoms with Gasteiger partial charge in [0.15, 0.2) is 0 Å². The molecule has 0 unspecified atom stereocenters. The second kappa shape index (κ2) is 4.42. The monoisotopic (exact) mass is 166 g/mol. The molecule has 59 valence electrons. The van der Waals surface area contributed by atoms with E-state index in [4.69, 9.17) is 0 Å². The van der Waals surface area contributed by atoms with E-state index >= 15 is 0 Å². The first-order valence-electron chi connectivity index (χ1n) is 3.68. The lowest BCUT2D eigenvalue weighted by molar-refractivity contribution is 0.602. The molecular formula is C9H12NS. The number of hydrogen-bond donors (Lipinski definition) is 0. The lowest BCUT2D eigenvalue weighted by Crippen LogP contribution is -2.06. The van der Waals surface area contributed by atoms with Crippen LogP contribution in [0.15, 0.2) is 29.2 Å². The predicted molar refractivity (Wildman–Crippen MR) is 49.4 cm³/mol. The highest BCUT2D eigenvalue weighted by Crippen LogP contribution is 2.18. The van der Waals surface area contributed by atoms with Crippen LogP contribution >= 0.6 is 11.9 Å². The average molecular weight is 166 g/mol. The molecule has 0 saturated carbocycles. The summed E-state index contributed by atoms with van der Waals surface area (Å²) in [5, 5.41) is 0. The lowest BCUT2D eigenvalue weighted by Gasteiger charge is -2.11. The second-order valence-corrected chi connectivity index (χ2v) is 3.51. The van der Waals surface area contributed by atoms with Gasteiger partial charge in [0, 0.05) is 11.4 Å². The molecule has 1 radical (unpaired) electrons. The molecule has 0 bridgehead atoms. The van der Waals surface area contributed by atoms with Gasteiger partial charge in [0.05, 0.1) is 0 Å². The fourth-order valence-corrected chi connectivity index (χ4v) is 1.39. The lowest BCUT2D eigenvalue weighted by atomic mass is 10.4. The van der Waals surface area contributed by atoms with Crippen LogP contribution < -0.4 is 0 Å². The first-order chi connectivity index (χ1) is 5.33. The van der Waals surface area contributed by atoms with Crippen LogP contribution in [0.3, 0.4) is 0 Å². The summed E-state index contributed by atoms with van der Waals surface area (Å²) in [6, 6.07) is 11.2. The van der Waals surface area contributed by atoms with Crippen LogP contribution in [0, 0.1) is 6.07 Å². The molecule has 1 aromatic rings. The highest BCUT2D eigenvalue weighted by atomic mass is 32.2. The molecule has 0 N–H and O–H groups in total. The number of benzene rings is 1. The van der Waals surface area contributed by atoms with Gasteiger partial charge in [0.1, 0.15) is 0 Å². The van der Waals surface area contributed by atoms with Crippen LogP contribution in [-0.4, -0.2) is 17.9 Å². The van der Waals surface area contributed by atoms with Gasteiger partial charge in [-0.1, -0.05) is 25.1 Å². The van der Waals surface area contributed by atoms with E-state index < -0.39 is 0 Å². The minimum Gasteiger partial charge on any atom is -0.250 e. The van der Waals surface area contributed by atoms with Crippen molar-refractivity contribution < 1.29 is 0 Å². The summed E-state index contributed by atoms with van der Waals surface area (Å²) in [7, 11) is 2.07. The van der Waals surface area contributed by atoms with E-state index in [1.165, 1.54) is 4.90 Å². The van der Waals surface area contributed by atoms with Crippen LogP contribution in [0.25, 0.3) is 0 Å². The maximum Gasteiger partial charge on any atom is 0.0309 e. The highest BCUT2D eigenvalue weighted by molar-refractivity contribution is 7.97. The Bertz CT molecular complexity index is 198. The third kappa shape index (κ3) is 2.95. The standard InChI is InChI=1S/C9H12NS/c1-3-10(2)11-9-7-5-4-6-8-9/h4-7H,3H2,1-2H3. The van der Waals surface area contributed by atoms with E-state index in [0.717, 1.165) is 6.54 Å². The first kappa shape index (κ1) is 8.62. The molecule has 0 heterocycles. The maximum absolute atomic E-state index is 3.15. The molecule has 2 heteroatoms. The third-order valence-electron chi connectivity index (χ3n) is 1.38. The van der Waals surface area contributed by atoms with Crippen molar-refractivity contribution in [3.8, 4) is 0 Å². The molecule has 1 rings (SSSR count). The Labute approximate surface area is 72.5 Å². The summed E-state index contributed by atoms with van der Waals surface area (Å²) in [4.78, 5) is 1.18. The van der Waals surface area contributed by atoms with Gasteiger partial charge in [-0.05, 0) is 31.1 Å². The number of nitrogens with zero attached hydrogens (tertiary/aromatic N) is 1. The Balaban J connectivity index is 2.51. The van der Waals surface area contributed by atoms with Crippen molar-refractivity contribution in [2.45, 2.75) is 11.8 Å². The molecule has 0 aromatic heterocycles. The minimum atomic E-state index is 1.05. The van der Waals surface area contributed by atoms with Crippen LogP contribution in [0.4, 0.5) is 0 Å². The Kier molecular flexibility index (Phi) is 3.46. The Morgan fingerprint density at radius 3 is 2.91 bits per heavy atom. The third-order valence-corrected chi connectivity index (χ3v) is 2.40. The smallest absolute Gasteiger partial charge is 0.0309 e. The maximum atomic E-state index is 3.15. The van der Waals surface area contributed by atoms with E-state index in [0.29, 0.717) is 0 Å². The van der Waals surface area contributed by atoms with Gasteiger partial charge in [-0.2, -0.15) is 0 Å². The van der Waals surface area contributed by atoms with Crippen molar-refractivity contribution in [3.05, 3.63) is 30.3 Å². The SMILES string of the molecule is CCN(C)Sc1[c]cccc1. The van der Waals surface area contributed by atoms with Crippen molar-refractivity contribution in [1.29, 1.82) is 0 Å². The van der Waals surface area contributed by atoms with Crippen LogP contribution in [0.1, 0.15) is 6.92 Å². The number of rotatable bonds is 3. The molecule has 0 aliphatic carbocycles. The highest BCUT2D eigenvalue weighted by Gasteiger charge is 1.96. The minimum absolute atomic E-state index is 1.05. The zero-order valence-corrected chi connectivity index (χ0v) is 7.69. The van der Waals surface area contributed by atoms with Crippen LogP contribution in [-0.2, 0) is 0 Å². The quantitative estimate of drug-likeness (QED) is 0.634. The fraction of sp³-hybridized carbons (Fsp3) is 0.333. The molecule has 0 amide bonds. The van der Waals surface area contributed by atoms with Gasteiger partial charge in [-0.3, -0.25) is 0 Å². The second-order valence-electron chi connectivity index (χ2n) is 2.26. The normalized spacial score (nSPS) is 10.5.